The Balaban J connectivity index is 1.96. The molecule has 0 aliphatic heterocycles. The smallest absolute Gasteiger partial charge is 0.250 e. The molecule has 0 aliphatic rings. The number of allylic oxidation sites excluding steroid dienone is 1. The van der Waals surface area contributed by atoms with Gasteiger partial charge in [0.15, 0.2) is 0 Å². The first-order valence-corrected chi connectivity index (χ1v) is 11.2. The van der Waals surface area contributed by atoms with Crippen molar-refractivity contribution in [2.24, 2.45) is 0 Å². The molecule has 2 aromatic rings. The predicted octanol–water partition coefficient (Wildman–Crippen LogP) is 6.33. The summed E-state index contributed by atoms with van der Waals surface area (Å²) in [5, 5.41) is 0.226. The highest BCUT2D eigenvalue weighted by Gasteiger charge is 2.38. The van der Waals surface area contributed by atoms with Crippen LogP contribution in [-0.4, -0.2) is 8.32 Å². The molecule has 0 bridgehead atoms. The second kappa shape index (κ2) is 7.18. The molecule has 23 heavy (non-hydrogen) atoms. The zero-order valence-electron chi connectivity index (χ0n) is 15.0. The number of benzene rings is 2. The highest BCUT2D eigenvalue weighted by atomic mass is 28.4. The zero-order chi connectivity index (χ0) is 16.9. The minimum atomic E-state index is -1.75. The van der Waals surface area contributed by atoms with Crippen LogP contribution in [0.2, 0.25) is 18.1 Å². The van der Waals surface area contributed by atoms with Gasteiger partial charge in [-0.15, -0.1) is 0 Å². The Hall–Kier alpha value is -1.80. The summed E-state index contributed by atoms with van der Waals surface area (Å²) < 4.78 is 6.32. The van der Waals surface area contributed by atoms with Crippen LogP contribution in [0.4, 0.5) is 0 Å². The van der Waals surface area contributed by atoms with Crippen LogP contribution in [0.15, 0.2) is 60.7 Å². The van der Waals surface area contributed by atoms with Gasteiger partial charge in [-0.05, 0) is 47.8 Å². The summed E-state index contributed by atoms with van der Waals surface area (Å²) in [5.74, 6) is 0.993. The molecule has 2 rings (SSSR count). The summed E-state index contributed by atoms with van der Waals surface area (Å²) in [6.07, 6.45) is 5.31. The summed E-state index contributed by atoms with van der Waals surface area (Å²) in [6, 6.07) is 18.9. The molecule has 0 spiro atoms. The minimum Gasteiger partial charge on any atom is -0.544 e. The highest BCUT2D eigenvalue weighted by molar-refractivity contribution is 6.74. The van der Waals surface area contributed by atoms with Gasteiger partial charge in [-0.1, -0.05) is 75.4 Å². The molecule has 0 atom stereocenters. The lowest BCUT2D eigenvalue weighted by Crippen LogP contribution is -2.43. The van der Waals surface area contributed by atoms with E-state index >= 15 is 0 Å². The van der Waals surface area contributed by atoms with Crippen molar-refractivity contribution < 1.29 is 4.43 Å². The normalized spacial score (nSPS) is 12.6. The standard InChI is InChI=1S/C21H28OSi/c1-21(2,3)23(4,5)22-20-16-14-19(15-17-20)13-9-12-18-10-7-6-8-11-18/h6-12,14-17H,13H2,1-5H3. The van der Waals surface area contributed by atoms with Gasteiger partial charge in [-0.3, -0.25) is 0 Å². The van der Waals surface area contributed by atoms with Crippen molar-refractivity contribution in [3.8, 4) is 5.75 Å². The van der Waals surface area contributed by atoms with Gasteiger partial charge in [0, 0.05) is 0 Å². The Morgan fingerprint density at radius 3 is 2.09 bits per heavy atom. The van der Waals surface area contributed by atoms with Gasteiger partial charge in [0.2, 0.25) is 8.32 Å². The van der Waals surface area contributed by atoms with E-state index in [-0.39, 0.29) is 5.04 Å². The van der Waals surface area contributed by atoms with E-state index in [0.29, 0.717) is 0 Å². The van der Waals surface area contributed by atoms with E-state index in [0.717, 1.165) is 12.2 Å². The maximum atomic E-state index is 6.32. The maximum absolute atomic E-state index is 6.32. The van der Waals surface area contributed by atoms with Gasteiger partial charge in [-0.25, -0.2) is 0 Å². The van der Waals surface area contributed by atoms with Crippen LogP contribution in [0.25, 0.3) is 6.08 Å². The monoisotopic (exact) mass is 324 g/mol. The lowest BCUT2D eigenvalue weighted by molar-refractivity contribution is 0.492. The van der Waals surface area contributed by atoms with Crippen molar-refractivity contribution in [2.75, 3.05) is 0 Å². The average molecular weight is 325 g/mol. The van der Waals surface area contributed by atoms with Gasteiger partial charge < -0.3 is 4.43 Å². The van der Waals surface area contributed by atoms with Crippen molar-refractivity contribution in [1.82, 2.24) is 0 Å². The molecule has 0 radical (unpaired) electrons. The van der Waals surface area contributed by atoms with E-state index in [1.807, 2.05) is 6.07 Å². The summed E-state index contributed by atoms with van der Waals surface area (Å²) in [5.41, 5.74) is 2.55. The Bertz CT molecular complexity index is 634. The van der Waals surface area contributed by atoms with E-state index in [1.165, 1.54) is 11.1 Å². The third-order valence-electron chi connectivity index (χ3n) is 4.57. The quantitative estimate of drug-likeness (QED) is 0.584. The molecule has 1 nitrogen and oxygen atoms in total. The SMILES string of the molecule is CC(C)(C)[Si](C)(C)Oc1ccc(CC=Cc2ccccc2)cc1. The molecule has 0 heterocycles. The van der Waals surface area contributed by atoms with Crippen molar-refractivity contribution >= 4 is 14.4 Å². The molecular weight excluding hydrogens is 296 g/mol. The summed E-state index contributed by atoms with van der Waals surface area (Å²) in [4.78, 5) is 0. The molecule has 122 valence electrons. The van der Waals surface area contributed by atoms with Crippen molar-refractivity contribution in [1.29, 1.82) is 0 Å². The van der Waals surface area contributed by atoms with Crippen LogP contribution in [0, 0.1) is 0 Å². The number of hydrogen-bond acceptors (Lipinski definition) is 1. The average Bonchev–Trinajstić information content (AvgIpc) is 2.49. The topological polar surface area (TPSA) is 9.23 Å². The Labute approximate surface area is 142 Å². The molecule has 0 aliphatic carbocycles. The maximum Gasteiger partial charge on any atom is 0.250 e. The third-order valence-corrected chi connectivity index (χ3v) is 8.92. The van der Waals surface area contributed by atoms with Crippen LogP contribution < -0.4 is 4.43 Å². The van der Waals surface area contributed by atoms with Crippen LogP contribution in [-0.2, 0) is 6.42 Å². The van der Waals surface area contributed by atoms with Crippen molar-refractivity contribution in [3.05, 3.63) is 71.8 Å². The van der Waals surface area contributed by atoms with Gasteiger partial charge in [-0.2, -0.15) is 0 Å². The van der Waals surface area contributed by atoms with Crippen LogP contribution >= 0.6 is 0 Å². The molecule has 2 heteroatoms. The fourth-order valence-corrected chi connectivity index (χ4v) is 3.07. The van der Waals surface area contributed by atoms with Crippen LogP contribution in [0.5, 0.6) is 5.75 Å². The largest absolute Gasteiger partial charge is 0.544 e. The molecule has 0 saturated heterocycles. The minimum absolute atomic E-state index is 0.226. The molecule has 0 amide bonds. The molecule has 0 fully saturated rings. The fourth-order valence-electron chi connectivity index (χ4n) is 2.04. The van der Waals surface area contributed by atoms with Crippen molar-refractivity contribution in [3.63, 3.8) is 0 Å². The first-order chi connectivity index (χ1) is 10.8. The Kier molecular flexibility index (Phi) is 5.48. The van der Waals surface area contributed by atoms with Gasteiger partial charge in [0.05, 0.1) is 0 Å². The molecule has 2 aromatic carbocycles. The highest BCUT2D eigenvalue weighted by Crippen LogP contribution is 2.37. The third kappa shape index (κ3) is 5.10. The second-order valence-electron chi connectivity index (χ2n) is 7.52. The van der Waals surface area contributed by atoms with E-state index < -0.39 is 8.32 Å². The summed E-state index contributed by atoms with van der Waals surface area (Å²) in [7, 11) is -1.75. The van der Waals surface area contributed by atoms with E-state index in [9.17, 15) is 0 Å². The van der Waals surface area contributed by atoms with E-state index in [1.54, 1.807) is 0 Å². The van der Waals surface area contributed by atoms with E-state index in [4.69, 9.17) is 4.43 Å². The number of rotatable bonds is 5. The Morgan fingerprint density at radius 1 is 0.913 bits per heavy atom. The fraction of sp³-hybridized carbons (Fsp3) is 0.333. The lowest BCUT2D eigenvalue weighted by atomic mass is 10.1. The molecule has 0 aromatic heterocycles. The van der Waals surface area contributed by atoms with Gasteiger partial charge in [0.1, 0.15) is 5.75 Å². The van der Waals surface area contributed by atoms with Gasteiger partial charge in [0.25, 0.3) is 0 Å². The zero-order valence-corrected chi connectivity index (χ0v) is 16.0. The van der Waals surface area contributed by atoms with Crippen LogP contribution in [0.3, 0.4) is 0 Å². The number of hydrogen-bond donors (Lipinski definition) is 0. The molecule has 0 unspecified atom stereocenters. The lowest BCUT2D eigenvalue weighted by Gasteiger charge is -2.36. The second-order valence-corrected chi connectivity index (χ2v) is 12.2. The molecule has 0 N–H and O–H groups in total. The Morgan fingerprint density at radius 2 is 1.52 bits per heavy atom. The molecular formula is C21H28OSi. The predicted molar refractivity (Wildman–Crippen MR) is 103 cm³/mol. The van der Waals surface area contributed by atoms with Crippen molar-refractivity contribution in [2.45, 2.75) is 45.3 Å². The summed E-state index contributed by atoms with van der Waals surface area (Å²) >= 11 is 0. The van der Waals surface area contributed by atoms with Crippen LogP contribution in [0.1, 0.15) is 31.9 Å². The van der Waals surface area contributed by atoms with Gasteiger partial charge >= 0.3 is 0 Å². The molecule has 0 saturated carbocycles. The first kappa shape index (κ1) is 17.5. The first-order valence-electron chi connectivity index (χ1n) is 8.27. The van der Waals surface area contributed by atoms with E-state index in [2.05, 4.69) is 94.5 Å². The summed E-state index contributed by atoms with van der Waals surface area (Å²) in [6.45, 7) is 11.4.